The highest BCUT2D eigenvalue weighted by molar-refractivity contribution is 6.31. The molecule has 0 radical (unpaired) electrons. The second-order valence-electron chi connectivity index (χ2n) is 4.70. The smallest absolute Gasteiger partial charge is 0.308 e. The van der Waals surface area contributed by atoms with Crippen LogP contribution in [-0.2, 0) is 19.3 Å². The van der Waals surface area contributed by atoms with Crippen molar-refractivity contribution in [1.82, 2.24) is 20.1 Å². The SMILES string of the molecule is C[C@H](Cn1cncn1)NCc1cc(C(F)(F)F)ccc1Cl. The zero-order valence-electron chi connectivity index (χ0n) is 11.2. The van der Waals surface area contributed by atoms with Crippen LogP contribution in [0.15, 0.2) is 30.9 Å². The van der Waals surface area contributed by atoms with Crippen LogP contribution in [0.5, 0.6) is 0 Å². The van der Waals surface area contributed by atoms with Gasteiger partial charge in [0, 0.05) is 17.6 Å². The number of hydrogen-bond donors (Lipinski definition) is 1. The number of halogens is 4. The van der Waals surface area contributed by atoms with E-state index in [1.165, 1.54) is 12.4 Å². The van der Waals surface area contributed by atoms with Gasteiger partial charge in [-0.15, -0.1) is 0 Å². The van der Waals surface area contributed by atoms with Crippen LogP contribution in [0.2, 0.25) is 5.02 Å². The van der Waals surface area contributed by atoms with Crippen molar-refractivity contribution >= 4 is 11.6 Å². The molecule has 0 bridgehead atoms. The van der Waals surface area contributed by atoms with Crippen molar-refractivity contribution in [3.8, 4) is 0 Å². The van der Waals surface area contributed by atoms with Gasteiger partial charge >= 0.3 is 6.18 Å². The second-order valence-corrected chi connectivity index (χ2v) is 5.11. The topological polar surface area (TPSA) is 42.7 Å². The zero-order chi connectivity index (χ0) is 15.5. The molecule has 2 aromatic rings. The Bertz CT molecular complexity index is 584. The van der Waals surface area contributed by atoms with Crippen molar-refractivity contribution < 1.29 is 13.2 Å². The molecule has 1 N–H and O–H groups in total. The Morgan fingerprint density at radius 1 is 1.38 bits per heavy atom. The lowest BCUT2D eigenvalue weighted by Gasteiger charge is -2.15. The maximum atomic E-state index is 12.7. The molecule has 0 unspecified atom stereocenters. The van der Waals surface area contributed by atoms with E-state index in [0.29, 0.717) is 17.1 Å². The third kappa shape index (κ3) is 4.44. The molecular formula is C13H14ClF3N4. The van der Waals surface area contributed by atoms with Gasteiger partial charge in [0.15, 0.2) is 0 Å². The van der Waals surface area contributed by atoms with Crippen LogP contribution >= 0.6 is 11.6 Å². The highest BCUT2D eigenvalue weighted by atomic mass is 35.5. The fourth-order valence-electron chi connectivity index (χ4n) is 1.84. The van der Waals surface area contributed by atoms with E-state index >= 15 is 0 Å². The summed E-state index contributed by atoms with van der Waals surface area (Å²) in [7, 11) is 0. The average Bonchev–Trinajstić information content (AvgIpc) is 2.89. The summed E-state index contributed by atoms with van der Waals surface area (Å²) < 4.78 is 39.6. The van der Waals surface area contributed by atoms with Crippen molar-refractivity contribution in [2.75, 3.05) is 0 Å². The van der Waals surface area contributed by atoms with Gasteiger partial charge in [-0.1, -0.05) is 11.6 Å². The standard InChI is InChI=1S/C13H14ClF3N4/c1-9(6-21-8-18-7-20-21)19-5-10-4-11(13(15,16)17)2-3-12(10)14/h2-4,7-9,19H,5-6H2,1H3/t9-/m1/s1. The molecule has 21 heavy (non-hydrogen) atoms. The molecule has 1 aromatic heterocycles. The third-order valence-corrected chi connectivity index (χ3v) is 3.31. The van der Waals surface area contributed by atoms with Crippen molar-refractivity contribution in [1.29, 1.82) is 0 Å². The lowest BCUT2D eigenvalue weighted by molar-refractivity contribution is -0.137. The first kappa shape index (κ1) is 15.8. The van der Waals surface area contributed by atoms with Crippen molar-refractivity contribution in [3.63, 3.8) is 0 Å². The molecule has 2 rings (SSSR count). The van der Waals surface area contributed by atoms with Crippen LogP contribution in [0.4, 0.5) is 13.2 Å². The number of benzene rings is 1. The number of rotatable bonds is 5. The summed E-state index contributed by atoms with van der Waals surface area (Å²) in [4.78, 5) is 3.82. The summed E-state index contributed by atoms with van der Waals surface area (Å²) in [5, 5.41) is 7.39. The number of alkyl halides is 3. The van der Waals surface area contributed by atoms with Gasteiger partial charge in [0.2, 0.25) is 0 Å². The number of aromatic nitrogens is 3. The van der Waals surface area contributed by atoms with Gasteiger partial charge in [0.05, 0.1) is 12.1 Å². The first-order chi connectivity index (χ1) is 9.86. The van der Waals surface area contributed by atoms with Crippen LogP contribution < -0.4 is 5.32 Å². The molecular weight excluding hydrogens is 305 g/mol. The minimum Gasteiger partial charge on any atom is -0.308 e. The largest absolute Gasteiger partial charge is 0.416 e. The van der Waals surface area contributed by atoms with Crippen LogP contribution in [0, 0.1) is 0 Å². The summed E-state index contributed by atoms with van der Waals surface area (Å²) >= 11 is 5.94. The van der Waals surface area contributed by atoms with E-state index in [0.717, 1.165) is 12.1 Å². The van der Waals surface area contributed by atoms with E-state index in [1.54, 1.807) is 11.0 Å². The molecule has 114 valence electrons. The van der Waals surface area contributed by atoms with E-state index in [2.05, 4.69) is 15.4 Å². The molecule has 0 spiro atoms. The molecule has 0 fully saturated rings. The Hall–Kier alpha value is -1.60. The molecule has 0 saturated carbocycles. The van der Waals surface area contributed by atoms with E-state index in [1.807, 2.05) is 6.92 Å². The first-order valence-corrected chi connectivity index (χ1v) is 6.65. The van der Waals surface area contributed by atoms with E-state index in [9.17, 15) is 13.2 Å². The highest BCUT2D eigenvalue weighted by Gasteiger charge is 2.30. The van der Waals surface area contributed by atoms with Crippen molar-refractivity contribution in [2.24, 2.45) is 0 Å². The van der Waals surface area contributed by atoms with E-state index in [-0.39, 0.29) is 12.6 Å². The minimum absolute atomic E-state index is 0.0114. The van der Waals surface area contributed by atoms with E-state index in [4.69, 9.17) is 11.6 Å². The van der Waals surface area contributed by atoms with Gasteiger partial charge in [-0.25, -0.2) is 4.98 Å². The summed E-state index contributed by atoms with van der Waals surface area (Å²) in [6.07, 6.45) is -1.36. The predicted octanol–water partition coefficient (Wildman–Crippen LogP) is 3.13. The second kappa shape index (κ2) is 6.44. The van der Waals surface area contributed by atoms with Gasteiger partial charge in [-0.3, -0.25) is 4.68 Å². The summed E-state index contributed by atoms with van der Waals surface area (Å²) in [6.45, 7) is 2.72. The van der Waals surface area contributed by atoms with Gasteiger partial charge in [0.25, 0.3) is 0 Å². The Kier molecular flexibility index (Phi) is 4.84. The Morgan fingerprint density at radius 3 is 2.76 bits per heavy atom. The van der Waals surface area contributed by atoms with Crippen LogP contribution in [0.25, 0.3) is 0 Å². The third-order valence-electron chi connectivity index (χ3n) is 2.94. The summed E-state index contributed by atoms with van der Waals surface area (Å²) in [6, 6.07) is 3.32. The van der Waals surface area contributed by atoms with Crippen molar-refractivity contribution in [3.05, 3.63) is 47.0 Å². The maximum Gasteiger partial charge on any atom is 0.416 e. The quantitative estimate of drug-likeness (QED) is 0.921. The molecule has 0 aliphatic carbocycles. The Balaban J connectivity index is 1.99. The number of nitrogens with zero attached hydrogens (tertiary/aromatic N) is 3. The van der Waals surface area contributed by atoms with Gasteiger partial charge in [0.1, 0.15) is 12.7 Å². The van der Waals surface area contributed by atoms with Gasteiger partial charge in [-0.2, -0.15) is 18.3 Å². The molecule has 0 aliphatic heterocycles. The van der Waals surface area contributed by atoms with Crippen LogP contribution in [0.3, 0.4) is 0 Å². The van der Waals surface area contributed by atoms with Crippen molar-refractivity contribution in [2.45, 2.75) is 32.2 Å². The highest BCUT2D eigenvalue weighted by Crippen LogP contribution is 2.31. The molecule has 1 heterocycles. The summed E-state index contributed by atoms with van der Waals surface area (Å²) in [5.74, 6) is 0. The Labute approximate surface area is 124 Å². The van der Waals surface area contributed by atoms with Crippen LogP contribution in [-0.4, -0.2) is 20.8 Å². The maximum absolute atomic E-state index is 12.7. The fraction of sp³-hybridized carbons (Fsp3) is 0.385. The Morgan fingerprint density at radius 2 is 2.14 bits per heavy atom. The van der Waals surface area contributed by atoms with E-state index < -0.39 is 11.7 Å². The first-order valence-electron chi connectivity index (χ1n) is 6.27. The minimum atomic E-state index is -4.37. The monoisotopic (exact) mass is 318 g/mol. The molecule has 4 nitrogen and oxygen atoms in total. The van der Waals surface area contributed by atoms with Crippen LogP contribution in [0.1, 0.15) is 18.1 Å². The average molecular weight is 319 g/mol. The molecule has 0 amide bonds. The zero-order valence-corrected chi connectivity index (χ0v) is 12.0. The molecule has 1 aromatic carbocycles. The predicted molar refractivity (Wildman–Crippen MR) is 72.8 cm³/mol. The number of hydrogen-bond acceptors (Lipinski definition) is 3. The molecule has 1 atom stereocenters. The molecule has 8 heteroatoms. The lowest BCUT2D eigenvalue weighted by Crippen LogP contribution is -2.30. The molecule has 0 saturated heterocycles. The van der Waals surface area contributed by atoms with Gasteiger partial charge < -0.3 is 5.32 Å². The number of nitrogens with one attached hydrogen (secondary N) is 1. The fourth-order valence-corrected chi connectivity index (χ4v) is 2.03. The summed E-state index contributed by atoms with van der Waals surface area (Å²) in [5.41, 5.74) is -0.287. The molecule has 0 aliphatic rings. The lowest BCUT2D eigenvalue weighted by atomic mass is 10.1. The normalized spacial score (nSPS) is 13.4. The van der Waals surface area contributed by atoms with Gasteiger partial charge in [-0.05, 0) is 30.7 Å².